The van der Waals surface area contributed by atoms with Crippen LogP contribution in [0, 0.1) is 5.92 Å². The number of hydrogen-bond donors (Lipinski definition) is 2. The number of nitrogens with two attached hydrogens (primary N) is 1. The molecule has 0 aromatic rings. The Bertz CT molecular complexity index is 322. The van der Waals surface area contributed by atoms with Gasteiger partial charge in [0.2, 0.25) is 0 Å². The van der Waals surface area contributed by atoms with Crippen LogP contribution in [0.25, 0.3) is 0 Å². The molecule has 0 amide bonds. The van der Waals surface area contributed by atoms with Crippen LogP contribution in [-0.4, -0.2) is 30.5 Å². The van der Waals surface area contributed by atoms with E-state index in [9.17, 15) is 8.42 Å². The van der Waals surface area contributed by atoms with E-state index in [1.54, 1.807) is 6.92 Å². The van der Waals surface area contributed by atoms with Crippen molar-refractivity contribution in [3.63, 3.8) is 0 Å². The van der Waals surface area contributed by atoms with Gasteiger partial charge < -0.3 is 10.9 Å². The lowest BCUT2D eigenvalue weighted by Crippen LogP contribution is -2.39. The maximum atomic E-state index is 11.3. The van der Waals surface area contributed by atoms with E-state index < -0.39 is 14.6 Å². The van der Waals surface area contributed by atoms with Crippen molar-refractivity contribution in [3.05, 3.63) is 0 Å². The Morgan fingerprint density at radius 3 is 2.25 bits per heavy atom. The first-order chi connectivity index (χ1) is 5.36. The van der Waals surface area contributed by atoms with Gasteiger partial charge >= 0.3 is 0 Å². The van der Waals surface area contributed by atoms with Crippen molar-refractivity contribution in [2.45, 2.75) is 18.1 Å². The van der Waals surface area contributed by atoms with Crippen molar-refractivity contribution in [3.8, 4) is 0 Å². The molecule has 1 aliphatic carbocycles. The summed E-state index contributed by atoms with van der Waals surface area (Å²) in [7, 11) is -3.27. The molecule has 0 aliphatic heterocycles. The fourth-order valence-electron chi connectivity index (χ4n) is 1.54. The van der Waals surface area contributed by atoms with Gasteiger partial charge in [-0.2, -0.15) is 0 Å². The number of hydrogen-bond acceptors (Lipinski definition) is 4. The standard InChI is InChI=1S/C6H12N2O3S/c1-4-3-6(4,5(7)8-9)12(2,10)11/h4,9H,3H2,1-2H3,(H2,7,8)/t4-,6+/m0/s1. The van der Waals surface area contributed by atoms with Gasteiger partial charge in [-0.3, -0.25) is 0 Å². The first-order valence-electron chi connectivity index (χ1n) is 3.54. The number of oxime groups is 1. The minimum Gasteiger partial charge on any atom is -0.409 e. The molecule has 0 unspecified atom stereocenters. The van der Waals surface area contributed by atoms with Crippen LogP contribution in [0.3, 0.4) is 0 Å². The van der Waals surface area contributed by atoms with E-state index in [1.807, 2.05) is 0 Å². The molecule has 70 valence electrons. The van der Waals surface area contributed by atoms with Gasteiger partial charge in [0.25, 0.3) is 0 Å². The van der Waals surface area contributed by atoms with Gasteiger partial charge in [0, 0.05) is 6.26 Å². The number of nitrogens with zero attached hydrogens (tertiary/aromatic N) is 1. The van der Waals surface area contributed by atoms with Crippen molar-refractivity contribution in [2.24, 2.45) is 16.8 Å². The molecule has 0 saturated heterocycles. The summed E-state index contributed by atoms with van der Waals surface area (Å²) >= 11 is 0. The lowest BCUT2D eigenvalue weighted by molar-refractivity contribution is 0.316. The molecular formula is C6H12N2O3S. The minimum absolute atomic E-state index is 0.0524. The van der Waals surface area contributed by atoms with Gasteiger partial charge in [-0.25, -0.2) is 8.42 Å². The fourth-order valence-corrected chi connectivity index (χ4v) is 3.25. The van der Waals surface area contributed by atoms with Crippen LogP contribution in [0.5, 0.6) is 0 Å². The molecule has 2 atom stereocenters. The second-order valence-electron chi connectivity index (χ2n) is 3.25. The average molecular weight is 192 g/mol. The van der Waals surface area contributed by atoms with Crippen LogP contribution in [0.15, 0.2) is 5.16 Å². The normalized spacial score (nSPS) is 36.5. The topological polar surface area (TPSA) is 92.8 Å². The van der Waals surface area contributed by atoms with E-state index in [2.05, 4.69) is 5.16 Å². The van der Waals surface area contributed by atoms with Gasteiger partial charge in [0.1, 0.15) is 4.75 Å². The third-order valence-corrected chi connectivity index (χ3v) is 4.55. The molecule has 1 rings (SSSR count). The van der Waals surface area contributed by atoms with Crippen molar-refractivity contribution in [1.29, 1.82) is 0 Å². The molecule has 12 heavy (non-hydrogen) atoms. The summed E-state index contributed by atoms with van der Waals surface area (Å²) < 4.78 is 21.4. The molecule has 1 saturated carbocycles. The Morgan fingerprint density at radius 1 is 1.75 bits per heavy atom. The van der Waals surface area contributed by atoms with Crippen LogP contribution < -0.4 is 5.73 Å². The van der Waals surface area contributed by atoms with Crippen molar-refractivity contribution in [2.75, 3.05) is 6.26 Å². The molecule has 1 fully saturated rings. The molecule has 0 bridgehead atoms. The average Bonchev–Trinajstić information content (AvgIpc) is 2.60. The highest BCUT2D eigenvalue weighted by molar-refractivity contribution is 7.93. The lowest BCUT2D eigenvalue weighted by atomic mass is 10.3. The predicted molar refractivity (Wildman–Crippen MR) is 44.8 cm³/mol. The molecule has 0 spiro atoms. The summed E-state index contributed by atoms with van der Waals surface area (Å²) in [5.41, 5.74) is 5.31. The van der Waals surface area contributed by atoms with Gasteiger partial charge in [-0.15, -0.1) is 0 Å². The minimum atomic E-state index is -3.27. The Kier molecular flexibility index (Phi) is 1.82. The molecule has 6 heteroatoms. The zero-order chi connectivity index (χ0) is 9.57. The summed E-state index contributed by atoms with van der Waals surface area (Å²) in [6, 6.07) is 0. The fraction of sp³-hybridized carbons (Fsp3) is 0.833. The van der Waals surface area contributed by atoms with Crippen molar-refractivity contribution >= 4 is 15.7 Å². The zero-order valence-electron chi connectivity index (χ0n) is 6.98. The molecule has 0 aromatic heterocycles. The summed E-state index contributed by atoms with van der Waals surface area (Å²) in [5.74, 6) is -0.249. The van der Waals surface area contributed by atoms with Crippen LogP contribution in [0.4, 0.5) is 0 Å². The largest absolute Gasteiger partial charge is 0.409 e. The van der Waals surface area contributed by atoms with Crippen molar-refractivity contribution in [1.82, 2.24) is 0 Å². The van der Waals surface area contributed by atoms with Crippen LogP contribution in [0.2, 0.25) is 0 Å². The third kappa shape index (κ3) is 0.979. The maximum absolute atomic E-state index is 11.3. The quantitative estimate of drug-likeness (QED) is 0.268. The molecular weight excluding hydrogens is 180 g/mol. The lowest BCUT2D eigenvalue weighted by Gasteiger charge is -2.11. The van der Waals surface area contributed by atoms with Crippen LogP contribution >= 0.6 is 0 Å². The highest BCUT2D eigenvalue weighted by Crippen LogP contribution is 2.49. The highest BCUT2D eigenvalue weighted by Gasteiger charge is 2.63. The molecule has 1 aliphatic rings. The summed E-state index contributed by atoms with van der Waals surface area (Å²) in [6.07, 6.45) is 1.55. The summed E-state index contributed by atoms with van der Waals surface area (Å²) in [4.78, 5) is 0. The Labute approximate surface area is 71.2 Å². The first kappa shape index (κ1) is 9.31. The Morgan fingerprint density at radius 2 is 2.17 bits per heavy atom. The van der Waals surface area contributed by atoms with Crippen molar-refractivity contribution < 1.29 is 13.6 Å². The second-order valence-corrected chi connectivity index (χ2v) is 5.52. The van der Waals surface area contributed by atoms with Crippen LogP contribution in [0.1, 0.15) is 13.3 Å². The van der Waals surface area contributed by atoms with E-state index in [0.29, 0.717) is 6.42 Å². The Hall–Kier alpha value is -0.780. The first-order valence-corrected chi connectivity index (χ1v) is 5.43. The van der Waals surface area contributed by atoms with Gasteiger partial charge in [-0.1, -0.05) is 12.1 Å². The van der Waals surface area contributed by atoms with Gasteiger partial charge in [0.05, 0.1) is 0 Å². The van der Waals surface area contributed by atoms with Gasteiger partial charge in [-0.05, 0) is 12.3 Å². The SMILES string of the molecule is C[C@H]1C[C@@]1(/C(N)=N\O)S(C)(=O)=O. The molecule has 0 radical (unpaired) electrons. The van der Waals surface area contributed by atoms with E-state index in [1.165, 1.54) is 0 Å². The molecule has 5 nitrogen and oxygen atoms in total. The van der Waals surface area contributed by atoms with E-state index >= 15 is 0 Å². The Balaban J connectivity index is 3.13. The van der Waals surface area contributed by atoms with E-state index in [-0.39, 0.29) is 11.8 Å². The summed E-state index contributed by atoms with van der Waals surface area (Å²) in [5, 5.41) is 11.1. The van der Waals surface area contributed by atoms with Gasteiger partial charge in [0.15, 0.2) is 15.7 Å². The number of rotatable bonds is 2. The molecule has 0 heterocycles. The third-order valence-electron chi connectivity index (χ3n) is 2.45. The number of sulfone groups is 1. The number of amidine groups is 1. The summed E-state index contributed by atoms with van der Waals surface area (Å²) in [6.45, 7) is 1.76. The van der Waals surface area contributed by atoms with E-state index in [4.69, 9.17) is 10.9 Å². The zero-order valence-corrected chi connectivity index (χ0v) is 7.80. The monoisotopic (exact) mass is 192 g/mol. The van der Waals surface area contributed by atoms with E-state index in [0.717, 1.165) is 6.26 Å². The molecule has 0 aromatic carbocycles. The predicted octanol–water partition coefficient (Wildman–Crippen LogP) is -0.444. The molecule has 3 N–H and O–H groups in total. The second kappa shape index (κ2) is 2.35. The van der Waals surface area contributed by atoms with Crippen LogP contribution in [-0.2, 0) is 9.84 Å². The highest BCUT2D eigenvalue weighted by atomic mass is 32.2. The maximum Gasteiger partial charge on any atom is 0.160 e. The smallest absolute Gasteiger partial charge is 0.160 e.